The van der Waals surface area contributed by atoms with Gasteiger partial charge < -0.3 is 10.4 Å². The predicted molar refractivity (Wildman–Crippen MR) is 82.8 cm³/mol. The van der Waals surface area contributed by atoms with Crippen molar-refractivity contribution in [3.63, 3.8) is 0 Å². The van der Waals surface area contributed by atoms with Crippen LogP contribution in [-0.2, 0) is 4.79 Å². The largest absolute Gasteiger partial charge is 0.480 e. The maximum atomic E-state index is 12.4. The fraction of sp³-hybridized carbons (Fsp3) is 0.688. The molecule has 22 heavy (non-hydrogen) atoms. The molecule has 1 amide bonds. The average molecular weight is 307 g/mol. The molecule has 0 aromatic carbocycles. The van der Waals surface area contributed by atoms with Gasteiger partial charge in [-0.15, -0.1) is 0 Å². The van der Waals surface area contributed by atoms with Crippen molar-refractivity contribution < 1.29 is 14.7 Å². The molecule has 1 heterocycles. The molecule has 1 aliphatic rings. The second-order valence-electron chi connectivity index (χ2n) is 6.41. The highest BCUT2D eigenvalue weighted by atomic mass is 16.4. The zero-order valence-electron chi connectivity index (χ0n) is 13.5. The number of amides is 1. The Hall–Kier alpha value is -1.85. The first-order valence-electron chi connectivity index (χ1n) is 7.99. The van der Waals surface area contributed by atoms with E-state index in [0.717, 1.165) is 18.5 Å². The number of carboxylic acids is 1. The Morgan fingerprint density at radius 3 is 2.50 bits per heavy atom. The molecule has 0 saturated heterocycles. The monoisotopic (exact) mass is 307 g/mol. The topological polar surface area (TPSA) is 84.2 Å². The molecule has 1 aliphatic carbocycles. The van der Waals surface area contributed by atoms with Crippen LogP contribution in [0, 0.1) is 12.8 Å². The average Bonchev–Trinajstić information content (AvgIpc) is 2.86. The van der Waals surface area contributed by atoms with E-state index in [4.69, 9.17) is 0 Å². The number of carbonyl (C=O) groups excluding carboxylic acids is 1. The number of aromatic nitrogens is 2. The second-order valence-corrected chi connectivity index (χ2v) is 6.41. The molecule has 2 N–H and O–H groups in total. The molecule has 1 aromatic heterocycles. The van der Waals surface area contributed by atoms with Crippen molar-refractivity contribution in [1.29, 1.82) is 0 Å². The van der Waals surface area contributed by atoms with E-state index in [1.807, 2.05) is 11.6 Å². The molecular formula is C16H25N3O3. The highest BCUT2D eigenvalue weighted by molar-refractivity contribution is 5.97. The predicted octanol–water partition coefficient (Wildman–Crippen LogP) is 2.54. The Balaban J connectivity index is 2.13. The summed E-state index contributed by atoms with van der Waals surface area (Å²) in [5, 5.41) is 16.1. The fourth-order valence-corrected chi connectivity index (χ4v) is 3.07. The van der Waals surface area contributed by atoms with Crippen molar-refractivity contribution in [2.24, 2.45) is 5.92 Å². The second kappa shape index (κ2) is 6.94. The van der Waals surface area contributed by atoms with Gasteiger partial charge in [0.2, 0.25) is 0 Å². The summed E-state index contributed by atoms with van der Waals surface area (Å²) in [7, 11) is 0. The number of nitrogens with one attached hydrogen (secondary N) is 1. The summed E-state index contributed by atoms with van der Waals surface area (Å²) in [6.45, 7) is 5.43. The molecule has 0 radical (unpaired) electrons. The summed E-state index contributed by atoms with van der Waals surface area (Å²) < 4.78 is 1.93. The van der Waals surface area contributed by atoms with Crippen molar-refractivity contribution in [2.45, 2.75) is 65.0 Å². The highest BCUT2D eigenvalue weighted by Gasteiger charge is 2.27. The molecule has 122 valence electrons. The van der Waals surface area contributed by atoms with Gasteiger partial charge in [-0.2, -0.15) is 5.10 Å². The zero-order chi connectivity index (χ0) is 16.3. The number of hydrogen-bond acceptors (Lipinski definition) is 3. The number of nitrogens with zero attached hydrogens (tertiary/aromatic N) is 2. The summed E-state index contributed by atoms with van der Waals surface area (Å²) >= 11 is 0. The number of carbonyl (C=O) groups is 2. The molecule has 1 aromatic rings. The van der Waals surface area contributed by atoms with E-state index in [1.165, 1.54) is 19.3 Å². The molecular weight excluding hydrogens is 282 g/mol. The Morgan fingerprint density at radius 1 is 1.32 bits per heavy atom. The summed E-state index contributed by atoms with van der Waals surface area (Å²) in [5.41, 5.74) is 1.29. The SMILES string of the molecule is Cc1c(C(=O)N[C@H](C(=O)O)C(C)C)cnn1C1CCCCC1. The Morgan fingerprint density at radius 2 is 1.95 bits per heavy atom. The standard InChI is InChI=1S/C16H25N3O3/c1-10(2)14(16(21)22)18-15(20)13-9-17-19(11(13)3)12-7-5-4-6-8-12/h9-10,12,14H,4-8H2,1-3H3,(H,18,20)(H,21,22)/t14-/m0/s1. The molecule has 2 rings (SSSR count). The van der Waals surface area contributed by atoms with Crippen LogP contribution in [0.5, 0.6) is 0 Å². The molecule has 1 atom stereocenters. The first-order valence-corrected chi connectivity index (χ1v) is 7.99. The lowest BCUT2D eigenvalue weighted by atomic mass is 9.95. The van der Waals surface area contributed by atoms with Gasteiger partial charge >= 0.3 is 5.97 Å². The van der Waals surface area contributed by atoms with E-state index in [9.17, 15) is 14.7 Å². The van der Waals surface area contributed by atoms with Crippen molar-refractivity contribution in [3.8, 4) is 0 Å². The minimum atomic E-state index is -1.01. The van der Waals surface area contributed by atoms with Crippen LogP contribution < -0.4 is 5.32 Å². The summed E-state index contributed by atoms with van der Waals surface area (Å²) in [5.74, 6) is -1.54. The van der Waals surface area contributed by atoms with Crippen LogP contribution in [0.25, 0.3) is 0 Å². The molecule has 1 saturated carbocycles. The van der Waals surface area contributed by atoms with Crippen molar-refractivity contribution in [2.75, 3.05) is 0 Å². The van der Waals surface area contributed by atoms with Gasteiger partial charge in [-0.1, -0.05) is 33.1 Å². The van der Waals surface area contributed by atoms with E-state index in [1.54, 1.807) is 20.0 Å². The van der Waals surface area contributed by atoms with Gasteiger partial charge in [-0.25, -0.2) is 4.79 Å². The minimum Gasteiger partial charge on any atom is -0.480 e. The van der Waals surface area contributed by atoms with E-state index in [0.29, 0.717) is 11.6 Å². The normalized spacial score (nSPS) is 17.5. The van der Waals surface area contributed by atoms with E-state index < -0.39 is 12.0 Å². The van der Waals surface area contributed by atoms with Gasteiger partial charge in [0.1, 0.15) is 6.04 Å². The quantitative estimate of drug-likeness (QED) is 0.875. The van der Waals surface area contributed by atoms with Crippen molar-refractivity contribution in [1.82, 2.24) is 15.1 Å². The first-order chi connectivity index (χ1) is 10.4. The Kier molecular flexibility index (Phi) is 5.21. The minimum absolute atomic E-state index is 0.171. The zero-order valence-corrected chi connectivity index (χ0v) is 13.5. The Bertz CT molecular complexity index is 545. The maximum Gasteiger partial charge on any atom is 0.326 e. The third-order valence-electron chi connectivity index (χ3n) is 4.43. The third-order valence-corrected chi connectivity index (χ3v) is 4.43. The molecule has 6 heteroatoms. The van der Waals surface area contributed by atoms with Gasteiger partial charge in [-0.05, 0) is 25.7 Å². The van der Waals surface area contributed by atoms with Crippen molar-refractivity contribution in [3.05, 3.63) is 17.5 Å². The molecule has 1 fully saturated rings. The Labute approximate surface area is 130 Å². The van der Waals surface area contributed by atoms with Crippen LogP contribution in [0.4, 0.5) is 0 Å². The highest BCUT2D eigenvalue weighted by Crippen LogP contribution is 2.29. The fourth-order valence-electron chi connectivity index (χ4n) is 3.07. The van der Waals surface area contributed by atoms with E-state index in [-0.39, 0.29) is 11.8 Å². The van der Waals surface area contributed by atoms with Crippen LogP contribution >= 0.6 is 0 Å². The lowest BCUT2D eigenvalue weighted by Crippen LogP contribution is -2.44. The lowest BCUT2D eigenvalue weighted by Gasteiger charge is -2.23. The number of hydrogen-bond donors (Lipinski definition) is 2. The number of aliphatic carboxylic acids is 1. The smallest absolute Gasteiger partial charge is 0.326 e. The molecule has 0 spiro atoms. The van der Waals surface area contributed by atoms with E-state index in [2.05, 4.69) is 10.4 Å². The van der Waals surface area contributed by atoms with Gasteiger partial charge in [0, 0.05) is 5.69 Å². The first kappa shape index (κ1) is 16.5. The molecule has 0 unspecified atom stereocenters. The summed E-state index contributed by atoms with van der Waals surface area (Å²) in [6.07, 6.45) is 7.39. The van der Waals surface area contributed by atoms with Crippen LogP contribution in [0.1, 0.15) is 68.0 Å². The molecule has 0 bridgehead atoms. The van der Waals surface area contributed by atoms with Gasteiger partial charge in [0.05, 0.1) is 17.8 Å². The number of carboxylic acid groups (broad SMARTS) is 1. The van der Waals surface area contributed by atoms with Gasteiger partial charge in [0.25, 0.3) is 5.91 Å². The van der Waals surface area contributed by atoms with E-state index >= 15 is 0 Å². The van der Waals surface area contributed by atoms with Gasteiger partial charge in [-0.3, -0.25) is 9.48 Å². The van der Waals surface area contributed by atoms with Crippen LogP contribution in [0.15, 0.2) is 6.20 Å². The van der Waals surface area contributed by atoms with Crippen LogP contribution in [-0.4, -0.2) is 32.8 Å². The van der Waals surface area contributed by atoms with Crippen LogP contribution in [0.2, 0.25) is 0 Å². The number of rotatable bonds is 5. The summed E-state index contributed by atoms with van der Waals surface area (Å²) in [6, 6.07) is -0.527. The summed E-state index contributed by atoms with van der Waals surface area (Å²) in [4.78, 5) is 23.6. The van der Waals surface area contributed by atoms with Crippen LogP contribution in [0.3, 0.4) is 0 Å². The molecule has 6 nitrogen and oxygen atoms in total. The van der Waals surface area contributed by atoms with Gasteiger partial charge in [0.15, 0.2) is 0 Å². The third kappa shape index (κ3) is 3.48. The van der Waals surface area contributed by atoms with Crippen molar-refractivity contribution >= 4 is 11.9 Å². The maximum absolute atomic E-state index is 12.4. The molecule has 0 aliphatic heterocycles. The lowest BCUT2D eigenvalue weighted by molar-refractivity contribution is -0.140.